The molecule has 0 aliphatic carbocycles. The third-order valence-corrected chi connectivity index (χ3v) is 2.86. The summed E-state index contributed by atoms with van der Waals surface area (Å²) < 4.78 is 5.23. The van der Waals surface area contributed by atoms with Gasteiger partial charge in [0, 0.05) is 10.8 Å². The lowest BCUT2D eigenvalue weighted by Gasteiger charge is -2.00. The van der Waals surface area contributed by atoms with Crippen molar-refractivity contribution in [3.05, 3.63) is 47.5 Å². The minimum absolute atomic E-state index is 0.162. The Bertz CT molecular complexity index is 905. The van der Waals surface area contributed by atoms with Gasteiger partial charge in [-0.05, 0) is 30.3 Å². The number of rotatable bonds is 1. The van der Waals surface area contributed by atoms with E-state index in [0.29, 0.717) is 16.4 Å². The fourth-order valence-electron chi connectivity index (χ4n) is 1.93. The van der Waals surface area contributed by atoms with E-state index in [1.54, 1.807) is 0 Å². The van der Waals surface area contributed by atoms with Gasteiger partial charge in [0.05, 0.1) is 11.0 Å². The molecule has 1 aromatic carbocycles. The van der Waals surface area contributed by atoms with E-state index >= 15 is 0 Å². The highest BCUT2D eigenvalue weighted by Gasteiger charge is 2.05. The highest BCUT2D eigenvalue weighted by atomic mass is 16.4. The van der Waals surface area contributed by atoms with Crippen LogP contribution in [0.2, 0.25) is 0 Å². The maximum absolute atomic E-state index is 5.52. The molecule has 0 spiro atoms. The number of anilines is 1. The zero-order chi connectivity index (χ0) is 13.4. The maximum Gasteiger partial charge on any atom is 0.292 e. The zero-order valence-corrected chi connectivity index (χ0v) is 10.2. The van der Waals surface area contributed by atoms with Crippen molar-refractivity contribution in [2.75, 3.05) is 5.73 Å². The summed E-state index contributed by atoms with van der Waals surface area (Å²) in [4.78, 5) is 8.53. The summed E-state index contributed by atoms with van der Waals surface area (Å²) in [6, 6.07) is 9.56. The lowest BCUT2D eigenvalue weighted by atomic mass is 10.1. The molecule has 0 amide bonds. The average molecular weight is 249 g/mol. The molecule has 0 bridgehead atoms. The van der Waals surface area contributed by atoms with Crippen molar-refractivity contribution in [3.8, 4) is 11.3 Å². The zero-order valence-electron chi connectivity index (χ0n) is 10.2. The van der Waals surface area contributed by atoms with E-state index in [1.807, 2.05) is 30.3 Å². The second-order valence-corrected chi connectivity index (χ2v) is 4.10. The molecule has 0 fully saturated rings. The van der Waals surface area contributed by atoms with Crippen LogP contribution in [0.15, 0.2) is 41.3 Å². The summed E-state index contributed by atoms with van der Waals surface area (Å²) in [5.74, 6) is 0. The molecular weight excluding hydrogens is 238 g/mol. The minimum Gasteiger partial charge on any atom is -0.424 e. The fraction of sp³-hybridized carbons (Fsp3) is 0. The first-order valence-corrected chi connectivity index (χ1v) is 5.70. The first kappa shape index (κ1) is 11.3. The summed E-state index contributed by atoms with van der Waals surface area (Å²) in [6.45, 7) is 7.47. The van der Waals surface area contributed by atoms with Crippen molar-refractivity contribution in [1.82, 2.24) is 9.97 Å². The van der Waals surface area contributed by atoms with Crippen LogP contribution in [0.1, 0.15) is 0 Å². The lowest BCUT2D eigenvalue weighted by molar-refractivity contribution is 0.626. The Kier molecular flexibility index (Phi) is 2.44. The molecule has 4 nitrogen and oxygen atoms in total. The average Bonchev–Trinajstić information content (AvgIpc) is 2.77. The third kappa shape index (κ3) is 1.90. The Morgan fingerprint density at radius 1 is 1.16 bits per heavy atom. The molecule has 0 radical (unpaired) electrons. The topological polar surface area (TPSA) is 64.9 Å². The van der Waals surface area contributed by atoms with Gasteiger partial charge in [0.25, 0.3) is 6.01 Å². The number of nitrogens with two attached hydrogens (primary N) is 1. The van der Waals surface area contributed by atoms with Crippen molar-refractivity contribution >= 4 is 29.4 Å². The largest absolute Gasteiger partial charge is 0.424 e. The monoisotopic (exact) mass is 249 g/mol. The number of fused-ring (bicyclic) bond motifs is 1. The van der Waals surface area contributed by atoms with Crippen molar-refractivity contribution in [3.63, 3.8) is 0 Å². The van der Waals surface area contributed by atoms with Crippen LogP contribution in [-0.2, 0) is 0 Å². The van der Waals surface area contributed by atoms with Gasteiger partial charge in [-0.25, -0.2) is 4.98 Å². The number of hydrogen-bond acceptors (Lipinski definition) is 4. The lowest BCUT2D eigenvalue weighted by Crippen LogP contribution is -2.25. The van der Waals surface area contributed by atoms with Gasteiger partial charge in [-0.1, -0.05) is 13.2 Å². The quantitative estimate of drug-likeness (QED) is 0.709. The maximum atomic E-state index is 5.52. The van der Waals surface area contributed by atoms with Crippen molar-refractivity contribution < 1.29 is 4.42 Å². The fourth-order valence-corrected chi connectivity index (χ4v) is 1.93. The Morgan fingerprint density at radius 3 is 2.74 bits per heavy atom. The van der Waals surface area contributed by atoms with Gasteiger partial charge in [-0.15, -0.1) is 5.73 Å². The normalized spacial score (nSPS) is 10.5. The minimum atomic E-state index is 0.162. The number of pyridine rings is 1. The predicted molar refractivity (Wildman–Crippen MR) is 75.5 cm³/mol. The number of aromatic nitrogens is 2. The molecule has 0 saturated heterocycles. The van der Waals surface area contributed by atoms with E-state index in [0.717, 1.165) is 16.5 Å². The third-order valence-electron chi connectivity index (χ3n) is 2.86. The van der Waals surface area contributed by atoms with E-state index in [-0.39, 0.29) is 6.01 Å². The molecule has 3 rings (SSSR count). The molecule has 4 heteroatoms. The Labute approximate surface area is 109 Å². The molecular formula is C15H11N3O. The molecule has 0 saturated carbocycles. The van der Waals surface area contributed by atoms with Crippen LogP contribution >= 0.6 is 0 Å². The standard InChI is InChI=1S/C15H11N3O/c1-3-10-4-6-12(17-9(10)2)11-5-7-14-13(8-11)18-15(16)19-14/h4-8H,1-2H2,(H2,16,18). The summed E-state index contributed by atoms with van der Waals surface area (Å²) in [6.07, 6.45) is 0. The predicted octanol–water partition coefficient (Wildman–Crippen LogP) is 1.45. The number of nitrogen functional groups attached to an aromatic ring is 1. The van der Waals surface area contributed by atoms with Crippen LogP contribution in [-0.4, -0.2) is 9.97 Å². The number of benzene rings is 1. The van der Waals surface area contributed by atoms with Crippen LogP contribution < -0.4 is 16.3 Å². The molecule has 92 valence electrons. The summed E-state index contributed by atoms with van der Waals surface area (Å²) >= 11 is 0. The van der Waals surface area contributed by atoms with Gasteiger partial charge >= 0.3 is 0 Å². The van der Waals surface area contributed by atoms with Crippen LogP contribution in [0.4, 0.5) is 6.01 Å². The molecule has 0 atom stereocenters. The van der Waals surface area contributed by atoms with Crippen LogP contribution in [0.3, 0.4) is 0 Å². The Morgan fingerprint density at radius 2 is 2.00 bits per heavy atom. The second-order valence-electron chi connectivity index (χ2n) is 4.10. The molecule has 3 aromatic rings. The Balaban J connectivity index is 2.21. The number of nitrogens with zero attached hydrogens (tertiary/aromatic N) is 2. The van der Waals surface area contributed by atoms with Crippen LogP contribution in [0.5, 0.6) is 0 Å². The highest BCUT2D eigenvalue weighted by molar-refractivity contribution is 5.80. The molecule has 0 unspecified atom stereocenters. The van der Waals surface area contributed by atoms with Gasteiger partial charge in [-0.3, -0.25) is 0 Å². The molecule has 0 aliphatic rings. The highest BCUT2D eigenvalue weighted by Crippen LogP contribution is 2.23. The summed E-state index contributed by atoms with van der Waals surface area (Å²) in [5, 5.41) is 1.45. The van der Waals surface area contributed by atoms with E-state index < -0.39 is 0 Å². The van der Waals surface area contributed by atoms with Crippen molar-refractivity contribution in [2.24, 2.45) is 0 Å². The molecule has 2 heterocycles. The van der Waals surface area contributed by atoms with Crippen LogP contribution in [0.25, 0.3) is 34.7 Å². The first-order chi connectivity index (χ1) is 9.17. The van der Waals surface area contributed by atoms with Gasteiger partial charge < -0.3 is 10.2 Å². The van der Waals surface area contributed by atoms with Gasteiger partial charge in [-0.2, -0.15) is 4.98 Å². The van der Waals surface area contributed by atoms with E-state index in [1.165, 1.54) is 0 Å². The smallest absolute Gasteiger partial charge is 0.292 e. The van der Waals surface area contributed by atoms with Crippen LogP contribution in [0, 0.1) is 0 Å². The molecule has 19 heavy (non-hydrogen) atoms. The SMILES string of the molecule is C=C=c1ccc(-c2ccc3oc(N)nc3c2)nc1=C. The van der Waals surface area contributed by atoms with E-state index in [9.17, 15) is 0 Å². The van der Waals surface area contributed by atoms with Gasteiger partial charge in [0.1, 0.15) is 5.52 Å². The summed E-state index contributed by atoms with van der Waals surface area (Å²) in [7, 11) is 0. The van der Waals surface area contributed by atoms with Gasteiger partial charge in [0.15, 0.2) is 5.58 Å². The molecule has 2 N–H and O–H groups in total. The Hall–Kier alpha value is -2.84. The van der Waals surface area contributed by atoms with Crippen molar-refractivity contribution in [1.29, 1.82) is 0 Å². The molecule has 0 aliphatic heterocycles. The number of oxazole rings is 1. The van der Waals surface area contributed by atoms with E-state index in [2.05, 4.69) is 28.9 Å². The number of hydrogen-bond donors (Lipinski definition) is 1. The first-order valence-electron chi connectivity index (χ1n) is 5.70. The van der Waals surface area contributed by atoms with Crippen molar-refractivity contribution in [2.45, 2.75) is 0 Å². The van der Waals surface area contributed by atoms with Gasteiger partial charge in [0.2, 0.25) is 0 Å². The summed E-state index contributed by atoms with van der Waals surface area (Å²) in [5.41, 5.74) is 11.4. The second kappa shape index (κ2) is 4.12. The van der Waals surface area contributed by atoms with E-state index in [4.69, 9.17) is 10.2 Å². The molecule has 2 aromatic heterocycles.